The molecule has 0 N–H and O–H groups in total. The Labute approximate surface area is 123 Å². The van der Waals surface area contributed by atoms with Crippen LogP contribution in [0.5, 0.6) is 5.75 Å². The molecule has 0 saturated carbocycles. The predicted octanol–water partition coefficient (Wildman–Crippen LogP) is 4.02. The van der Waals surface area contributed by atoms with Crippen molar-refractivity contribution in [3.63, 3.8) is 0 Å². The summed E-state index contributed by atoms with van der Waals surface area (Å²) in [7, 11) is 3.53. The first-order valence-corrected chi connectivity index (χ1v) is 7.61. The van der Waals surface area contributed by atoms with Crippen molar-refractivity contribution < 1.29 is 9.53 Å². The second-order valence-electron chi connectivity index (χ2n) is 4.72. The number of ether oxygens (including phenoxy) is 1. The molecule has 0 fully saturated rings. The molecular weight excluding hydrogens is 270 g/mol. The summed E-state index contributed by atoms with van der Waals surface area (Å²) in [6.45, 7) is 0.631. The second kappa shape index (κ2) is 7.20. The maximum absolute atomic E-state index is 11.4. The Balaban J connectivity index is 1.77. The average Bonchev–Trinajstić information content (AvgIpc) is 2.46. The van der Waals surface area contributed by atoms with Gasteiger partial charge >= 0.3 is 0 Å². The summed E-state index contributed by atoms with van der Waals surface area (Å²) in [5.74, 6) is 1.66. The zero-order valence-corrected chi connectivity index (χ0v) is 12.7. The van der Waals surface area contributed by atoms with Crippen LogP contribution in [0, 0.1) is 0 Å². The van der Waals surface area contributed by atoms with Gasteiger partial charge in [-0.2, -0.15) is 0 Å². The van der Waals surface area contributed by atoms with Gasteiger partial charge in [0, 0.05) is 19.8 Å². The monoisotopic (exact) mass is 289 g/mol. The van der Waals surface area contributed by atoms with Crippen molar-refractivity contribution in [3.05, 3.63) is 42.5 Å². The van der Waals surface area contributed by atoms with Gasteiger partial charge in [-0.1, -0.05) is 42.1 Å². The van der Waals surface area contributed by atoms with Gasteiger partial charge in [0.1, 0.15) is 5.75 Å². The number of carbonyl (C=O) groups excluding carboxylic acids is 1. The number of carbonyl (C=O) groups is 1. The van der Waals surface area contributed by atoms with Gasteiger partial charge in [-0.25, -0.2) is 0 Å². The molecule has 2 aromatic carbocycles. The number of nitrogens with zero attached hydrogens (tertiary/aromatic N) is 1. The molecule has 2 aromatic rings. The summed E-state index contributed by atoms with van der Waals surface area (Å²) in [6, 6.07) is 14.3. The zero-order valence-electron chi connectivity index (χ0n) is 11.8. The minimum atomic E-state index is 0.0932. The number of benzene rings is 2. The van der Waals surface area contributed by atoms with E-state index in [-0.39, 0.29) is 5.24 Å². The number of hydrogen-bond donors (Lipinski definition) is 0. The third-order valence-electron chi connectivity index (χ3n) is 2.87. The predicted molar refractivity (Wildman–Crippen MR) is 85.6 cm³/mol. The fourth-order valence-corrected chi connectivity index (χ4v) is 2.49. The molecule has 20 heavy (non-hydrogen) atoms. The first-order chi connectivity index (χ1) is 9.66. The third kappa shape index (κ3) is 4.17. The Morgan fingerprint density at radius 3 is 2.65 bits per heavy atom. The van der Waals surface area contributed by atoms with E-state index in [2.05, 4.69) is 18.2 Å². The molecule has 0 spiro atoms. The van der Waals surface area contributed by atoms with Gasteiger partial charge in [0.05, 0.1) is 6.61 Å². The summed E-state index contributed by atoms with van der Waals surface area (Å²) in [4.78, 5) is 13.0. The number of thioether (sulfide) groups is 1. The molecule has 0 radical (unpaired) electrons. The smallest absolute Gasteiger partial charge is 0.281 e. The molecule has 0 aliphatic carbocycles. The van der Waals surface area contributed by atoms with E-state index < -0.39 is 0 Å². The summed E-state index contributed by atoms with van der Waals surface area (Å²) in [6.07, 6.45) is 0.858. The van der Waals surface area contributed by atoms with E-state index in [4.69, 9.17) is 4.74 Å². The highest BCUT2D eigenvalue weighted by Gasteiger charge is 2.03. The van der Waals surface area contributed by atoms with Gasteiger partial charge < -0.3 is 9.64 Å². The van der Waals surface area contributed by atoms with E-state index in [9.17, 15) is 4.79 Å². The van der Waals surface area contributed by atoms with E-state index in [0.717, 1.165) is 17.9 Å². The Morgan fingerprint density at radius 2 is 1.90 bits per heavy atom. The Hall–Kier alpha value is -1.68. The van der Waals surface area contributed by atoms with Gasteiger partial charge in [-0.05, 0) is 29.3 Å². The van der Waals surface area contributed by atoms with Crippen LogP contribution in [-0.2, 0) is 0 Å². The Bertz CT molecular complexity index is 583. The molecule has 106 valence electrons. The number of rotatable bonds is 5. The molecule has 0 aliphatic heterocycles. The molecule has 4 heteroatoms. The molecule has 0 heterocycles. The van der Waals surface area contributed by atoms with E-state index >= 15 is 0 Å². The maximum atomic E-state index is 11.4. The quantitative estimate of drug-likeness (QED) is 0.778. The molecule has 0 atom stereocenters. The number of hydrogen-bond acceptors (Lipinski definition) is 3. The van der Waals surface area contributed by atoms with Crippen molar-refractivity contribution >= 4 is 27.8 Å². The lowest BCUT2D eigenvalue weighted by Gasteiger charge is -2.09. The van der Waals surface area contributed by atoms with Crippen LogP contribution in [0.4, 0.5) is 4.79 Å². The largest absolute Gasteiger partial charge is 0.494 e. The second-order valence-corrected chi connectivity index (χ2v) is 5.77. The van der Waals surface area contributed by atoms with Crippen LogP contribution in [0.3, 0.4) is 0 Å². The van der Waals surface area contributed by atoms with E-state index in [1.807, 2.05) is 24.3 Å². The molecule has 0 saturated heterocycles. The topological polar surface area (TPSA) is 29.5 Å². The maximum Gasteiger partial charge on any atom is 0.281 e. The van der Waals surface area contributed by atoms with Crippen LogP contribution in [0.1, 0.15) is 6.42 Å². The number of amides is 1. The fourth-order valence-electron chi connectivity index (χ4n) is 1.79. The van der Waals surface area contributed by atoms with Gasteiger partial charge in [0.25, 0.3) is 5.24 Å². The minimum Gasteiger partial charge on any atom is -0.494 e. The lowest BCUT2D eigenvalue weighted by atomic mass is 10.1. The molecule has 3 nitrogen and oxygen atoms in total. The van der Waals surface area contributed by atoms with E-state index in [1.54, 1.807) is 19.0 Å². The standard InChI is InChI=1S/C16H19NO2S/c1-17(2)16(18)20-11-5-10-19-15-9-8-13-6-3-4-7-14(13)12-15/h3-4,6-9,12H,5,10-11H2,1-2H3. The first-order valence-electron chi connectivity index (χ1n) is 6.62. The van der Waals surface area contributed by atoms with Crippen molar-refractivity contribution in [1.82, 2.24) is 4.90 Å². The molecule has 2 rings (SSSR count). The van der Waals surface area contributed by atoms with Crippen LogP contribution >= 0.6 is 11.8 Å². The van der Waals surface area contributed by atoms with Crippen LogP contribution in [0.25, 0.3) is 10.8 Å². The molecule has 0 aliphatic rings. The number of fused-ring (bicyclic) bond motifs is 1. The lowest BCUT2D eigenvalue weighted by molar-refractivity contribution is 0.241. The van der Waals surface area contributed by atoms with Crippen molar-refractivity contribution in [2.24, 2.45) is 0 Å². The summed E-state index contributed by atoms with van der Waals surface area (Å²) >= 11 is 1.33. The molecule has 0 unspecified atom stereocenters. The van der Waals surface area contributed by atoms with Crippen LogP contribution < -0.4 is 4.74 Å². The fraction of sp³-hybridized carbons (Fsp3) is 0.312. The molecule has 1 amide bonds. The highest BCUT2D eigenvalue weighted by Crippen LogP contribution is 2.20. The normalized spacial score (nSPS) is 10.5. The van der Waals surface area contributed by atoms with Crippen molar-refractivity contribution in [2.75, 3.05) is 26.5 Å². The molecule has 0 bridgehead atoms. The van der Waals surface area contributed by atoms with Gasteiger partial charge in [0.15, 0.2) is 0 Å². The van der Waals surface area contributed by atoms with Crippen LogP contribution in [0.2, 0.25) is 0 Å². The summed E-state index contributed by atoms with van der Waals surface area (Å²) in [5, 5.41) is 2.49. The lowest BCUT2D eigenvalue weighted by Crippen LogP contribution is -2.17. The highest BCUT2D eigenvalue weighted by atomic mass is 32.2. The van der Waals surface area contributed by atoms with Crippen LogP contribution in [0.15, 0.2) is 42.5 Å². The SMILES string of the molecule is CN(C)C(=O)SCCCOc1ccc2ccccc2c1. The van der Waals surface area contributed by atoms with Crippen molar-refractivity contribution in [2.45, 2.75) is 6.42 Å². The van der Waals surface area contributed by atoms with Crippen molar-refractivity contribution in [3.8, 4) is 5.75 Å². The van der Waals surface area contributed by atoms with Gasteiger partial charge in [0.2, 0.25) is 0 Å². The minimum absolute atomic E-state index is 0.0932. The third-order valence-corrected chi connectivity index (χ3v) is 3.97. The molecule has 0 aromatic heterocycles. The zero-order chi connectivity index (χ0) is 14.4. The summed E-state index contributed by atoms with van der Waals surface area (Å²) < 4.78 is 5.72. The van der Waals surface area contributed by atoms with Crippen molar-refractivity contribution in [1.29, 1.82) is 0 Å². The van der Waals surface area contributed by atoms with E-state index in [1.165, 1.54) is 22.5 Å². The van der Waals surface area contributed by atoms with Gasteiger partial charge in [-0.3, -0.25) is 4.79 Å². The van der Waals surface area contributed by atoms with Gasteiger partial charge in [-0.15, -0.1) is 0 Å². The first kappa shape index (κ1) is 14.7. The van der Waals surface area contributed by atoms with E-state index in [0.29, 0.717) is 6.61 Å². The Kier molecular flexibility index (Phi) is 5.30. The van der Waals surface area contributed by atoms with Crippen LogP contribution in [-0.4, -0.2) is 36.6 Å². The Morgan fingerprint density at radius 1 is 1.15 bits per heavy atom. The summed E-state index contributed by atoms with van der Waals surface area (Å²) in [5.41, 5.74) is 0. The highest BCUT2D eigenvalue weighted by molar-refractivity contribution is 8.13. The average molecular weight is 289 g/mol. The molecular formula is C16H19NO2S.